The lowest BCUT2D eigenvalue weighted by Crippen LogP contribution is -2.56. The van der Waals surface area contributed by atoms with E-state index in [2.05, 4.69) is 5.32 Å². The number of piperazine rings is 1. The fourth-order valence-corrected chi connectivity index (χ4v) is 2.64. The highest BCUT2D eigenvalue weighted by Gasteiger charge is 2.46. The van der Waals surface area contributed by atoms with E-state index in [0.29, 0.717) is 6.42 Å². The Labute approximate surface area is 104 Å². The van der Waals surface area contributed by atoms with Crippen LogP contribution in [0.1, 0.15) is 18.0 Å². The van der Waals surface area contributed by atoms with Gasteiger partial charge in [0.15, 0.2) is 0 Å². The summed E-state index contributed by atoms with van der Waals surface area (Å²) in [5.74, 6) is -0.317. The second-order valence-corrected chi connectivity index (χ2v) is 4.75. The number of carbonyl (C=O) groups excluding carboxylic acids is 2. The Hall–Kier alpha value is -1.88. The van der Waals surface area contributed by atoms with Gasteiger partial charge in [-0.1, -0.05) is 30.3 Å². The predicted molar refractivity (Wildman–Crippen MR) is 63.5 cm³/mol. The van der Waals surface area contributed by atoms with Crippen LogP contribution in [0.15, 0.2) is 30.3 Å². The average Bonchev–Trinajstić information content (AvgIpc) is 2.78. The van der Waals surface area contributed by atoms with Crippen molar-refractivity contribution in [2.24, 2.45) is 0 Å². The van der Waals surface area contributed by atoms with Gasteiger partial charge < -0.3 is 15.3 Å². The number of nitrogens with zero attached hydrogens (tertiary/aromatic N) is 1. The van der Waals surface area contributed by atoms with Crippen molar-refractivity contribution in [3.05, 3.63) is 35.9 Å². The minimum Gasteiger partial charge on any atom is -0.391 e. The lowest BCUT2D eigenvalue weighted by atomic mass is 10.0. The molecule has 18 heavy (non-hydrogen) atoms. The van der Waals surface area contributed by atoms with Crippen LogP contribution < -0.4 is 5.32 Å². The molecule has 2 saturated heterocycles. The second-order valence-electron chi connectivity index (χ2n) is 4.75. The summed E-state index contributed by atoms with van der Waals surface area (Å²) >= 11 is 0. The molecule has 0 radical (unpaired) electrons. The molecule has 0 bridgehead atoms. The van der Waals surface area contributed by atoms with E-state index in [4.69, 9.17) is 0 Å². The van der Waals surface area contributed by atoms with E-state index in [0.717, 1.165) is 5.56 Å². The maximum absolute atomic E-state index is 12.3. The summed E-state index contributed by atoms with van der Waals surface area (Å²) in [5.41, 5.74) is 0.774. The van der Waals surface area contributed by atoms with Crippen molar-refractivity contribution in [1.82, 2.24) is 10.2 Å². The summed E-state index contributed by atoms with van der Waals surface area (Å²) in [4.78, 5) is 25.7. The molecule has 2 amide bonds. The molecule has 0 spiro atoms. The van der Waals surface area contributed by atoms with Crippen molar-refractivity contribution in [1.29, 1.82) is 0 Å². The summed E-state index contributed by atoms with van der Waals surface area (Å²) in [7, 11) is 0. The van der Waals surface area contributed by atoms with Crippen LogP contribution in [0.2, 0.25) is 0 Å². The third kappa shape index (κ3) is 1.67. The van der Waals surface area contributed by atoms with E-state index < -0.39 is 18.2 Å². The number of benzene rings is 1. The minimum atomic E-state index is -0.625. The van der Waals surface area contributed by atoms with Gasteiger partial charge in [-0.15, -0.1) is 0 Å². The zero-order valence-corrected chi connectivity index (χ0v) is 9.74. The van der Waals surface area contributed by atoms with Gasteiger partial charge in [-0.2, -0.15) is 0 Å². The van der Waals surface area contributed by atoms with Crippen molar-refractivity contribution in [3.63, 3.8) is 0 Å². The fraction of sp³-hybridized carbons (Fsp3) is 0.385. The molecule has 94 valence electrons. The fourth-order valence-electron chi connectivity index (χ4n) is 2.64. The molecular weight excluding hydrogens is 232 g/mol. The van der Waals surface area contributed by atoms with Crippen LogP contribution in [0.25, 0.3) is 0 Å². The molecule has 0 unspecified atom stereocenters. The van der Waals surface area contributed by atoms with Crippen molar-refractivity contribution in [3.8, 4) is 0 Å². The topological polar surface area (TPSA) is 69.6 Å². The zero-order valence-electron chi connectivity index (χ0n) is 9.74. The molecule has 2 aliphatic heterocycles. The number of fused-ring (bicyclic) bond motifs is 1. The van der Waals surface area contributed by atoms with Crippen LogP contribution in [-0.4, -0.2) is 40.5 Å². The number of rotatable bonds is 1. The van der Waals surface area contributed by atoms with E-state index in [1.54, 1.807) is 0 Å². The summed E-state index contributed by atoms with van der Waals surface area (Å²) in [6, 6.07) is 8.03. The van der Waals surface area contributed by atoms with Crippen LogP contribution >= 0.6 is 0 Å². The number of hydrogen-bond donors (Lipinski definition) is 2. The number of aliphatic hydroxyl groups is 1. The third-order valence-corrected chi connectivity index (χ3v) is 3.53. The summed E-state index contributed by atoms with van der Waals surface area (Å²) in [5, 5.41) is 12.3. The third-order valence-electron chi connectivity index (χ3n) is 3.53. The van der Waals surface area contributed by atoms with Crippen LogP contribution in [0.5, 0.6) is 0 Å². The SMILES string of the molecule is O=C1N[C@@H](c2ccccc2)C(=O)N2C[C@H](O)C[C@H]12. The Morgan fingerprint density at radius 2 is 1.94 bits per heavy atom. The van der Waals surface area contributed by atoms with Crippen LogP contribution in [-0.2, 0) is 9.59 Å². The van der Waals surface area contributed by atoms with Gasteiger partial charge in [0.05, 0.1) is 6.10 Å². The van der Waals surface area contributed by atoms with Gasteiger partial charge in [-0.05, 0) is 5.56 Å². The van der Waals surface area contributed by atoms with Crippen molar-refractivity contribution in [2.75, 3.05) is 6.54 Å². The number of nitrogens with one attached hydrogen (secondary N) is 1. The molecule has 5 nitrogen and oxygen atoms in total. The highest BCUT2D eigenvalue weighted by molar-refractivity contribution is 5.98. The van der Waals surface area contributed by atoms with Crippen LogP contribution in [0.3, 0.4) is 0 Å². The molecule has 3 atom stereocenters. The van der Waals surface area contributed by atoms with E-state index >= 15 is 0 Å². The summed E-state index contributed by atoms with van der Waals surface area (Å²) in [6.45, 7) is 0.250. The quantitative estimate of drug-likeness (QED) is 0.722. The number of amides is 2. The highest BCUT2D eigenvalue weighted by Crippen LogP contribution is 2.28. The largest absolute Gasteiger partial charge is 0.391 e. The first-order valence-corrected chi connectivity index (χ1v) is 6.00. The Kier molecular flexibility index (Phi) is 2.56. The lowest BCUT2D eigenvalue weighted by Gasteiger charge is -2.34. The molecule has 2 N–H and O–H groups in total. The van der Waals surface area contributed by atoms with Gasteiger partial charge in [0.1, 0.15) is 12.1 Å². The molecule has 2 aliphatic rings. The molecule has 2 heterocycles. The number of hydrogen-bond acceptors (Lipinski definition) is 3. The Bertz CT molecular complexity index is 488. The number of carbonyl (C=O) groups is 2. The molecule has 1 aromatic carbocycles. The molecular formula is C13H14N2O3. The van der Waals surface area contributed by atoms with Crippen molar-refractivity contribution >= 4 is 11.8 Å². The van der Waals surface area contributed by atoms with Gasteiger partial charge >= 0.3 is 0 Å². The molecule has 2 fully saturated rings. The average molecular weight is 246 g/mol. The van der Waals surface area contributed by atoms with Crippen LogP contribution in [0, 0.1) is 0 Å². The first kappa shape index (κ1) is 11.2. The minimum absolute atomic E-state index is 0.137. The predicted octanol–water partition coefficient (Wildman–Crippen LogP) is -0.181. The molecule has 3 rings (SSSR count). The van der Waals surface area contributed by atoms with Gasteiger partial charge in [0.2, 0.25) is 5.91 Å². The molecule has 0 aliphatic carbocycles. The molecule has 1 aromatic rings. The highest BCUT2D eigenvalue weighted by atomic mass is 16.3. The summed E-state index contributed by atoms with van der Waals surface area (Å²) in [6.07, 6.45) is -0.266. The second kappa shape index (κ2) is 4.10. The van der Waals surface area contributed by atoms with Gasteiger partial charge in [-0.3, -0.25) is 9.59 Å². The first-order chi connectivity index (χ1) is 8.66. The maximum atomic E-state index is 12.3. The lowest BCUT2D eigenvalue weighted by molar-refractivity contribution is -0.147. The Balaban J connectivity index is 1.91. The first-order valence-electron chi connectivity index (χ1n) is 6.00. The zero-order chi connectivity index (χ0) is 12.7. The Morgan fingerprint density at radius 1 is 1.22 bits per heavy atom. The maximum Gasteiger partial charge on any atom is 0.250 e. The van der Waals surface area contributed by atoms with Crippen molar-refractivity contribution < 1.29 is 14.7 Å². The smallest absolute Gasteiger partial charge is 0.250 e. The normalized spacial score (nSPS) is 31.2. The summed E-state index contributed by atoms with van der Waals surface area (Å²) < 4.78 is 0. The molecule has 0 aromatic heterocycles. The van der Waals surface area contributed by atoms with Crippen LogP contribution in [0.4, 0.5) is 0 Å². The van der Waals surface area contributed by atoms with Gasteiger partial charge in [0.25, 0.3) is 5.91 Å². The Morgan fingerprint density at radius 3 is 2.67 bits per heavy atom. The van der Waals surface area contributed by atoms with E-state index in [-0.39, 0.29) is 18.4 Å². The van der Waals surface area contributed by atoms with Gasteiger partial charge in [0, 0.05) is 13.0 Å². The van der Waals surface area contributed by atoms with E-state index in [1.165, 1.54) is 4.90 Å². The molecule has 0 saturated carbocycles. The monoisotopic (exact) mass is 246 g/mol. The van der Waals surface area contributed by atoms with E-state index in [1.807, 2.05) is 30.3 Å². The van der Waals surface area contributed by atoms with E-state index in [9.17, 15) is 14.7 Å². The van der Waals surface area contributed by atoms with Crippen molar-refractivity contribution in [2.45, 2.75) is 24.6 Å². The van der Waals surface area contributed by atoms with Gasteiger partial charge in [-0.25, -0.2) is 0 Å². The molecule has 5 heteroatoms. The number of aliphatic hydroxyl groups excluding tert-OH is 1. The standard InChI is InChI=1S/C13H14N2O3/c16-9-6-10-12(17)14-11(13(18)15(10)7-9)8-4-2-1-3-5-8/h1-5,9-11,16H,6-7H2,(H,14,17)/t9-,10-,11+/m1/s1.